The SMILES string of the molecule is C[C@@H](O)[C@H](N)C(=O)NCC(=O)N[C@@H](CCC(=O)O)C(=O)N1CCC[C@H]1C(=O)O. The van der Waals surface area contributed by atoms with Gasteiger partial charge >= 0.3 is 11.9 Å². The molecule has 0 aromatic heterocycles. The standard InChI is InChI=1S/C16H26N4O8/c1-8(21)13(17)14(25)18-7-11(22)19-9(4-5-12(23)24)15(26)20-6-2-3-10(20)16(27)28/h8-10,13,21H,2-7,17H2,1H3,(H,18,25)(H,19,22)(H,23,24)(H,27,28)/t8-,9+,10+,13+/m1/s1. The number of carboxylic acid groups (broad SMARTS) is 2. The highest BCUT2D eigenvalue weighted by atomic mass is 16.4. The largest absolute Gasteiger partial charge is 0.481 e. The summed E-state index contributed by atoms with van der Waals surface area (Å²) in [4.78, 5) is 59.6. The summed E-state index contributed by atoms with van der Waals surface area (Å²) >= 11 is 0. The summed E-state index contributed by atoms with van der Waals surface area (Å²) in [5.74, 6) is -4.59. The lowest BCUT2D eigenvalue weighted by atomic mass is 10.1. The molecule has 0 saturated carbocycles. The van der Waals surface area contributed by atoms with Crippen molar-refractivity contribution in [3.05, 3.63) is 0 Å². The summed E-state index contributed by atoms with van der Waals surface area (Å²) in [7, 11) is 0. The lowest BCUT2D eigenvalue weighted by molar-refractivity contribution is -0.149. The Morgan fingerprint density at radius 2 is 1.86 bits per heavy atom. The highest BCUT2D eigenvalue weighted by molar-refractivity contribution is 5.93. The van der Waals surface area contributed by atoms with E-state index in [1.165, 1.54) is 6.92 Å². The van der Waals surface area contributed by atoms with E-state index in [4.69, 9.17) is 10.8 Å². The molecule has 4 atom stereocenters. The van der Waals surface area contributed by atoms with Crippen molar-refractivity contribution >= 4 is 29.7 Å². The fraction of sp³-hybridized carbons (Fsp3) is 0.688. The van der Waals surface area contributed by atoms with E-state index in [-0.39, 0.29) is 19.4 Å². The minimum atomic E-state index is -1.24. The molecule has 1 aliphatic rings. The number of carbonyl (C=O) groups is 5. The van der Waals surface area contributed by atoms with Crippen LogP contribution >= 0.6 is 0 Å². The highest BCUT2D eigenvalue weighted by Gasteiger charge is 2.37. The third-order valence-electron chi connectivity index (χ3n) is 4.35. The number of nitrogens with one attached hydrogen (secondary N) is 2. The van der Waals surface area contributed by atoms with Gasteiger partial charge in [-0.15, -0.1) is 0 Å². The number of likely N-dealkylation sites (tertiary alicyclic amines) is 1. The van der Waals surface area contributed by atoms with Crippen LogP contribution < -0.4 is 16.4 Å². The number of hydrogen-bond donors (Lipinski definition) is 6. The molecule has 1 saturated heterocycles. The van der Waals surface area contributed by atoms with Crippen molar-refractivity contribution in [3.8, 4) is 0 Å². The number of amides is 3. The molecule has 12 nitrogen and oxygen atoms in total. The Bertz CT molecular complexity index is 624. The molecule has 1 fully saturated rings. The van der Waals surface area contributed by atoms with E-state index < -0.39 is 66.9 Å². The van der Waals surface area contributed by atoms with Gasteiger partial charge in [0.05, 0.1) is 12.6 Å². The van der Waals surface area contributed by atoms with Gasteiger partial charge in [0, 0.05) is 13.0 Å². The van der Waals surface area contributed by atoms with Crippen molar-refractivity contribution in [3.63, 3.8) is 0 Å². The fourth-order valence-electron chi connectivity index (χ4n) is 2.76. The normalized spacial score (nSPS) is 19.4. The third kappa shape index (κ3) is 6.78. The quantitative estimate of drug-likeness (QED) is 0.224. The van der Waals surface area contributed by atoms with Crippen molar-refractivity contribution in [1.29, 1.82) is 0 Å². The van der Waals surface area contributed by atoms with Gasteiger partial charge in [-0.3, -0.25) is 19.2 Å². The van der Waals surface area contributed by atoms with Crippen LogP contribution in [-0.2, 0) is 24.0 Å². The van der Waals surface area contributed by atoms with Gasteiger partial charge in [0.2, 0.25) is 17.7 Å². The maximum Gasteiger partial charge on any atom is 0.326 e. The van der Waals surface area contributed by atoms with E-state index in [0.29, 0.717) is 6.42 Å². The summed E-state index contributed by atoms with van der Waals surface area (Å²) in [5.41, 5.74) is 5.43. The van der Waals surface area contributed by atoms with E-state index in [1.807, 2.05) is 0 Å². The second kappa shape index (κ2) is 10.6. The number of nitrogens with two attached hydrogens (primary N) is 1. The van der Waals surface area contributed by atoms with E-state index in [9.17, 15) is 34.2 Å². The second-order valence-electron chi connectivity index (χ2n) is 6.56. The highest BCUT2D eigenvalue weighted by Crippen LogP contribution is 2.19. The fourth-order valence-corrected chi connectivity index (χ4v) is 2.76. The topological polar surface area (TPSA) is 199 Å². The lowest BCUT2D eigenvalue weighted by Gasteiger charge is -2.27. The molecule has 0 aliphatic carbocycles. The Morgan fingerprint density at radius 3 is 2.39 bits per heavy atom. The van der Waals surface area contributed by atoms with Crippen molar-refractivity contribution in [2.75, 3.05) is 13.1 Å². The first kappa shape index (κ1) is 23.3. The van der Waals surface area contributed by atoms with Crippen LogP contribution in [0.5, 0.6) is 0 Å². The molecule has 12 heteroatoms. The summed E-state index contributed by atoms with van der Waals surface area (Å²) < 4.78 is 0. The Morgan fingerprint density at radius 1 is 1.21 bits per heavy atom. The summed E-state index contributed by atoms with van der Waals surface area (Å²) in [6, 6.07) is -3.51. The van der Waals surface area contributed by atoms with Crippen molar-refractivity contribution in [1.82, 2.24) is 15.5 Å². The Balaban J connectivity index is 2.74. The molecule has 158 valence electrons. The van der Waals surface area contributed by atoms with Crippen LogP contribution in [-0.4, -0.2) is 87.2 Å². The van der Waals surface area contributed by atoms with Crippen LogP contribution in [0.3, 0.4) is 0 Å². The Hall–Kier alpha value is -2.73. The maximum atomic E-state index is 12.7. The monoisotopic (exact) mass is 402 g/mol. The molecule has 0 bridgehead atoms. The van der Waals surface area contributed by atoms with E-state index in [1.54, 1.807) is 0 Å². The van der Waals surface area contributed by atoms with Gasteiger partial charge < -0.3 is 36.6 Å². The second-order valence-corrected chi connectivity index (χ2v) is 6.56. The van der Waals surface area contributed by atoms with Gasteiger partial charge in [0.15, 0.2) is 0 Å². The molecular weight excluding hydrogens is 376 g/mol. The first-order valence-corrected chi connectivity index (χ1v) is 8.80. The van der Waals surface area contributed by atoms with Gasteiger partial charge in [-0.25, -0.2) is 4.79 Å². The van der Waals surface area contributed by atoms with Crippen LogP contribution in [0.25, 0.3) is 0 Å². The van der Waals surface area contributed by atoms with Crippen LogP contribution in [0.4, 0.5) is 0 Å². The summed E-state index contributed by atoms with van der Waals surface area (Å²) in [5, 5.41) is 31.8. The molecule has 1 rings (SSSR count). The minimum Gasteiger partial charge on any atom is -0.481 e. The molecular formula is C16H26N4O8. The van der Waals surface area contributed by atoms with Gasteiger partial charge in [0.25, 0.3) is 0 Å². The summed E-state index contributed by atoms with van der Waals surface area (Å²) in [6.45, 7) is 0.952. The number of aliphatic hydroxyl groups excluding tert-OH is 1. The van der Waals surface area contributed by atoms with Crippen LogP contribution in [0.2, 0.25) is 0 Å². The molecule has 1 heterocycles. The van der Waals surface area contributed by atoms with Gasteiger partial charge in [-0.05, 0) is 26.2 Å². The van der Waals surface area contributed by atoms with E-state index >= 15 is 0 Å². The number of aliphatic hydroxyl groups is 1. The van der Waals surface area contributed by atoms with Crippen LogP contribution in [0, 0.1) is 0 Å². The average molecular weight is 402 g/mol. The van der Waals surface area contributed by atoms with E-state index in [2.05, 4.69) is 10.6 Å². The number of nitrogens with zero attached hydrogens (tertiary/aromatic N) is 1. The third-order valence-corrected chi connectivity index (χ3v) is 4.35. The molecule has 0 spiro atoms. The van der Waals surface area contributed by atoms with Crippen molar-refractivity contribution < 1.29 is 39.3 Å². The zero-order valence-electron chi connectivity index (χ0n) is 15.5. The number of hydrogen-bond acceptors (Lipinski definition) is 7. The predicted octanol–water partition coefficient (Wildman–Crippen LogP) is -2.76. The van der Waals surface area contributed by atoms with Crippen molar-refractivity contribution in [2.45, 2.75) is 56.8 Å². The number of rotatable bonds is 10. The predicted molar refractivity (Wildman–Crippen MR) is 93.8 cm³/mol. The van der Waals surface area contributed by atoms with Gasteiger partial charge in [-0.2, -0.15) is 0 Å². The molecule has 3 amide bonds. The maximum absolute atomic E-state index is 12.7. The Labute approximate surface area is 161 Å². The van der Waals surface area contributed by atoms with Crippen molar-refractivity contribution in [2.24, 2.45) is 5.73 Å². The molecule has 0 aromatic rings. The molecule has 0 aromatic carbocycles. The van der Waals surface area contributed by atoms with Crippen LogP contribution in [0.1, 0.15) is 32.6 Å². The zero-order valence-corrected chi connectivity index (χ0v) is 15.5. The number of carbonyl (C=O) groups excluding carboxylic acids is 3. The number of carboxylic acids is 2. The minimum absolute atomic E-state index is 0.190. The molecule has 0 radical (unpaired) electrons. The number of aliphatic carboxylic acids is 2. The van der Waals surface area contributed by atoms with E-state index in [0.717, 1.165) is 4.90 Å². The smallest absolute Gasteiger partial charge is 0.326 e. The van der Waals surface area contributed by atoms with Gasteiger partial charge in [-0.1, -0.05) is 0 Å². The average Bonchev–Trinajstić information content (AvgIpc) is 3.11. The zero-order chi connectivity index (χ0) is 21.4. The molecule has 7 N–H and O–H groups in total. The van der Waals surface area contributed by atoms with Gasteiger partial charge in [0.1, 0.15) is 18.1 Å². The molecule has 0 unspecified atom stereocenters. The Kier molecular flexibility index (Phi) is 8.79. The summed E-state index contributed by atoms with van der Waals surface area (Å²) in [6.07, 6.45) is -1.02. The molecule has 1 aliphatic heterocycles. The first-order valence-electron chi connectivity index (χ1n) is 8.80. The molecule has 28 heavy (non-hydrogen) atoms. The first-order chi connectivity index (χ1) is 13.0. The van der Waals surface area contributed by atoms with Crippen LogP contribution in [0.15, 0.2) is 0 Å². The lowest BCUT2D eigenvalue weighted by Crippen LogP contribution is -2.54.